The minimum absolute atomic E-state index is 0.151. The summed E-state index contributed by atoms with van der Waals surface area (Å²) in [7, 11) is 0.588. The van der Waals surface area contributed by atoms with Crippen molar-refractivity contribution in [1.82, 2.24) is 29.8 Å². The molecule has 0 aliphatic heterocycles. The molecule has 0 saturated carbocycles. The van der Waals surface area contributed by atoms with Crippen molar-refractivity contribution < 1.29 is 13.2 Å². The number of nitrogens with zero attached hydrogens (tertiary/aromatic N) is 5. The lowest BCUT2D eigenvalue weighted by Gasteiger charge is -2.16. The van der Waals surface area contributed by atoms with Gasteiger partial charge in [-0.15, -0.1) is 5.10 Å². The lowest BCUT2D eigenvalue weighted by Crippen LogP contribution is -2.40. The SMILES string of the molecule is C[C@@H](Nc1nc2ccccc2c2nc(-c3ccc(S(C)(=O)=O)cc3)nn12)C(=O)NCCN(C)C. The monoisotopic (exact) mass is 481 g/mol. The molecule has 0 radical (unpaired) electrons. The number of aromatic nitrogens is 4. The standard InChI is InChI=1S/C23H27N7O3S/c1-15(22(31)24-13-14-29(2)3)25-23-26-19-8-6-5-7-18(19)21-27-20(28-30(21)23)16-9-11-17(12-10-16)34(4,32)33/h5-12,15H,13-14H2,1-4H3,(H,24,31)(H,25,26)/t15-/m1/s1. The number of hydrogen-bond donors (Lipinski definition) is 2. The third-order valence-electron chi connectivity index (χ3n) is 5.32. The van der Waals surface area contributed by atoms with Gasteiger partial charge in [0.1, 0.15) is 6.04 Å². The summed E-state index contributed by atoms with van der Waals surface area (Å²) < 4.78 is 25.1. The Bertz CT molecular complexity index is 1450. The minimum atomic E-state index is -3.30. The molecule has 0 aliphatic rings. The zero-order valence-electron chi connectivity index (χ0n) is 19.5. The van der Waals surface area contributed by atoms with Gasteiger partial charge in [0.2, 0.25) is 11.9 Å². The maximum atomic E-state index is 12.6. The van der Waals surface area contributed by atoms with Gasteiger partial charge in [-0.05, 0) is 57.4 Å². The molecule has 2 heterocycles. The first kappa shape index (κ1) is 23.6. The topological polar surface area (TPSA) is 122 Å². The van der Waals surface area contributed by atoms with E-state index in [0.29, 0.717) is 35.0 Å². The van der Waals surface area contributed by atoms with Crippen molar-refractivity contribution in [2.75, 3.05) is 38.8 Å². The highest BCUT2D eigenvalue weighted by molar-refractivity contribution is 7.90. The predicted octanol–water partition coefficient (Wildman–Crippen LogP) is 1.83. The molecule has 4 rings (SSSR count). The van der Waals surface area contributed by atoms with Gasteiger partial charge in [-0.25, -0.2) is 18.4 Å². The van der Waals surface area contributed by atoms with Crippen molar-refractivity contribution in [3.63, 3.8) is 0 Å². The summed E-state index contributed by atoms with van der Waals surface area (Å²) in [5.74, 6) is 0.654. The molecule has 1 atom stereocenters. The van der Waals surface area contributed by atoms with Crippen molar-refractivity contribution in [1.29, 1.82) is 0 Å². The van der Waals surface area contributed by atoms with Crippen molar-refractivity contribution >= 4 is 38.2 Å². The largest absolute Gasteiger partial charge is 0.353 e. The highest BCUT2D eigenvalue weighted by Crippen LogP contribution is 2.25. The summed E-state index contributed by atoms with van der Waals surface area (Å²) in [4.78, 5) is 24.1. The highest BCUT2D eigenvalue weighted by Gasteiger charge is 2.19. The van der Waals surface area contributed by atoms with Crippen LogP contribution in [-0.2, 0) is 14.6 Å². The van der Waals surface area contributed by atoms with Crippen molar-refractivity contribution in [2.45, 2.75) is 17.9 Å². The first-order valence-electron chi connectivity index (χ1n) is 10.8. The Morgan fingerprint density at radius 2 is 1.79 bits per heavy atom. The van der Waals surface area contributed by atoms with Crippen LogP contribution in [0.1, 0.15) is 6.92 Å². The van der Waals surface area contributed by atoms with Gasteiger partial charge in [0.25, 0.3) is 0 Å². The molecule has 0 spiro atoms. The molecule has 0 bridgehead atoms. The second-order valence-corrected chi connectivity index (χ2v) is 10.4. The summed E-state index contributed by atoms with van der Waals surface area (Å²) in [5, 5.41) is 11.5. The van der Waals surface area contributed by atoms with Gasteiger partial charge in [0, 0.05) is 30.3 Å². The number of hydrogen-bond acceptors (Lipinski definition) is 8. The zero-order valence-corrected chi connectivity index (χ0v) is 20.3. The number of anilines is 1. The van der Waals surface area contributed by atoms with Gasteiger partial charge < -0.3 is 15.5 Å². The zero-order chi connectivity index (χ0) is 24.5. The number of benzene rings is 2. The second-order valence-electron chi connectivity index (χ2n) is 8.38. The average Bonchev–Trinajstić information content (AvgIpc) is 3.24. The predicted molar refractivity (Wildman–Crippen MR) is 131 cm³/mol. The van der Waals surface area contributed by atoms with E-state index in [9.17, 15) is 13.2 Å². The van der Waals surface area contributed by atoms with E-state index < -0.39 is 15.9 Å². The molecule has 4 aromatic rings. The Balaban J connectivity index is 1.71. The third kappa shape index (κ3) is 5.00. The average molecular weight is 482 g/mol. The molecule has 0 saturated heterocycles. The summed E-state index contributed by atoms with van der Waals surface area (Å²) >= 11 is 0. The van der Waals surface area contributed by atoms with Crippen molar-refractivity contribution in [3.05, 3.63) is 48.5 Å². The fourth-order valence-corrected chi connectivity index (χ4v) is 4.07. The lowest BCUT2D eigenvalue weighted by atomic mass is 10.2. The number of amides is 1. The van der Waals surface area contributed by atoms with Crippen molar-refractivity contribution in [2.24, 2.45) is 0 Å². The maximum absolute atomic E-state index is 12.6. The Kier molecular flexibility index (Phi) is 6.49. The van der Waals surface area contributed by atoms with E-state index in [1.54, 1.807) is 23.6 Å². The highest BCUT2D eigenvalue weighted by atomic mass is 32.2. The Hall–Kier alpha value is -3.57. The van der Waals surface area contributed by atoms with E-state index in [1.807, 2.05) is 43.3 Å². The molecule has 0 unspecified atom stereocenters. The number of carbonyl (C=O) groups is 1. The van der Waals surface area contributed by atoms with E-state index >= 15 is 0 Å². The van der Waals surface area contributed by atoms with E-state index in [4.69, 9.17) is 4.98 Å². The first-order valence-corrected chi connectivity index (χ1v) is 12.7. The number of sulfone groups is 1. The number of para-hydroxylation sites is 1. The molecule has 178 valence electrons. The van der Waals surface area contributed by atoms with E-state index in [1.165, 1.54) is 18.4 Å². The lowest BCUT2D eigenvalue weighted by molar-refractivity contribution is -0.121. The summed E-state index contributed by atoms with van der Waals surface area (Å²) in [6, 6.07) is 13.4. The Morgan fingerprint density at radius 1 is 1.09 bits per heavy atom. The van der Waals surface area contributed by atoms with E-state index in [0.717, 1.165) is 11.9 Å². The molecule has 2 N–H and O–H groups in total. The minimum Gasteiger partial charge on any atom is -0.353 e. The molecule has 34 heavy (non-hydrogen) atoms. The van der Waals surface area contributed by atoms with E-state index in [-0.39, 0.29) is 10.8 Å². The van der Waals surface area contributed by atoms with Gasteiger partial charge >= 0.3 is 0 Å². The molecule has 11 heteroatoms. The Morgan fingerprint density at radius 3 is 2.47 bits per heavy atom. The van der Waals surface area contributed by atoms with Crippen molar-refractivity contribution in [3.8, 4) is 11.4 Å². The second kappa shape index (κ2) is 9.35. The fraction of sp³-hybridized carbons (Fsp3) is 0.304. The third-order valence-corrected chi connectivity index (χ3v) is 6.45. The number of carbonyl (C=O) groups excluding carboxylic acids is 1. The Labute approximate surface area is 197 Å². The number of nitrogens with one attached hydrogen (secondary N) is 2. The van der Waals surface area contributed by atoms with Crippen LogP contribution in [0.3, 0.4) is 0 Å². The van der Waals surface area contributed by atoms with Crippen LogP contribution in [-0.4, -0.2) is 78.3 Å². The van der Waals surface area contributed by atoms with Gasteiger partial charge in [-0.3, -0.25) is 4.79 Å². The quantitative estimate of drug-likeness (QED) is 0.391. The molecular formula is C23H27N7O3S. The van der Waals surface area contributed by atoms with Gasteiger partial charge in [-0.2, -0.15) is 4.52 Å². The molecular weight excluding hydrogens is 454 g/mol. The summed E-state index contributed by atoms with van der Waals surface area (Å²) in [6.07, 6.45) is 1.17. The molecule has 2 aromatic carbocycles. The molecule has 0 aliphatic carbocycles. The van der Waals surface area contributed by atoms with Crippen LogP contribution in [0.15, 0.2) is 53.4 Å². The first-order chi connectivity index (χ1) is 16.1. The van der Waals surface area contributed by atoms with Gasteiger partial charge in [-0.1, -0.05) is 12.1 Å². The maximum Gasteiger partial charge on any atom is 0.242 e. The van der Waals surface area contributed by atoms with Gasteiger partial charge in [0.15, 0.2) is 21.3 Å². The van der Waals surface area contributed by atoms with Crippen LogP contribution in [0.4, 0.5) is 5.95 Å². The van der Waals surface area contributed by atoms with Gasteiger partial charge in [0.05, 0.1) is 10.4 Å². The van der Waals surface area contributed by atoms with Crippen LogP contribution >= 0.6 is 0 Å². The summed E-state index contributed by atoms with van der Waals surface area (Å²) in [5.41, 5.74) is 1.96. The molecule has 0 fully saturated rings. The molecule has 10 nitrogen and oxygen atoms in total. The molecule has 2 aromatic heterocycles. The van der Waals surface area contributed by atoms with Crippen LogP contribution < -0.4 is 10.6 Å². The smallest absolute Gasteiger partial charge is 0.242 e. The summed E-state index contributed by atoms with van der Waals surface area (Å²) in [6.45, 7) is 3.03. The van der Waals surface area contributed by atoms with Crippen LogP contribution in [0.5, 0.6) is 0 Å². The van der Waals surface area contributed by atoms with Crippen LogP contribution in [0.2, 0.25) is 0 Å². The van der Waals surface area contributed by atoms with Crippen LogP contribution in [0.25, 0.3) is 27.9 Å². The number of fused-ring (bicyclic) bond motifs is 3. The van der Waals surface area contributed by atoms with E-state index in [2.05, 4.69) is 20.7 Å². The van der Waals surface area contributed by atoms with Crippen LogP contribution in [0, 0.1) is 0 Å². The number of likely N-dealkylation sites (N-methyl/N-ethyl adjacent to an activating group) is 1. The number of rotatable bonds is 8. The fourth-order valence-electron chi connectivity index (χ4n) is 3.44. The molecule has 1 amide bonds. The normalized spacial score (nSPS) is 12.9.